The van der Waals surface area contributed by atoms with Gasteiger partial charge < -0.3 is 10.6 Å². The quantitative estimate of drug-likeness (QED) is 0.851. The third-order valence-electron chi connectivity index (χ3n) is 2.50. The van der Waals surface area contributed by atoms with Crippen LogP contribution in [0.2, 0.25) is 0 Å². The van der Waals surface area contributed by atoms with Crippen LogP contribution in [0, 0.1) is 6.92 Å². The molecule has 17 heavy (non-hydrogen) atoms. The van der Waals surface area contributed by atoms with Crippen molar-refractivity contribution < 1.29 is 4.79 Å². The number of halogens is 1. The van der Waals surface area contributed by atoms with Gasteiger partial charge in [-0.15, -0.1) is 12.4 Å². The Bertz CT molecular complexity index is 355. The van der Waals surface area contributed by atoms with Crippen molar-refractivity contribution in [2.45, 2.75) is 33.2 Å². The number of nitrogens with one attached hydrogen (secondary N) is 2. The smallest absolute Gasteiger partial charge is 0.241 e. The Labute approximate surface area is 109 Å². The third kappa shape index (κ3) is 5.20. The number of anilines is 1. The van der Waals surface area contributed by atoms with Crippen molar-refractivity contribution in [2.24, 2.45) is 0 Å². The first-order valence-electron chi connectivity index (χ1n) is 5.75. The minimum Gasteiger partial charge on any atom is -0.324 e. The number of para-hydroxylation sites is 1. The van der Waals surface area contributed by atoms with Crippen LogP contribution >= 0.6 is 12.4 Å². The fourth-order valence-corrected chi connectivity index (χ4v) is 1.41. The Morgan fingerprint density at radius 2 is 2.00 bits per heavy atom. The zero-order chi connectivity index (χ0) is 12.0. The average molecular weight is 257 g/mol. The van der Waals surface area contributed by atoms with E-state index in [0.717, 1.165) is 24.2 Å². The number of carbonyl (C=O) groups excluding carboxylic acids is 1. The molecule has 1 amide bonds. The Kier molecular flexibility index (Phi) is 7.59. The van der Waals surface area contributed by atoms with Gasteiger partial charge in [-0.1, -0.05) is 25.1 Å². The van der Waals surface area contributed by atoms with E-state index in [0.29, 0.717) is 0 Å². The second-order valence-corrected chi connectivity index (χ2v) is 3.98. The number of benzene rings is 1. The van der Waals surface area contributed by atoms with E-state index in [9.17, 15) is 4.79 Å². The fourth-order valence-electron chi connectivity index (χ4n) is 1.41. The SMILES string of the molecule is CCCN[C@H](C)C(=O)Nc1ccccc1C.Cl. The van der Waals surface area contributed by atoms with E-state index < -0.39 is 0 Å². The first kappa shape index (κ1) is 15.9. The fraction of sp³-hybridized carbons (Fsp3) is 0.462. The molecular formula is C13H21ClN2O. The number of rotatable bonds is 5. The summed E-state index contributed by atoms with van der Waals surface area (Å²) in [4.78, 5) is 11.8. The van der Waals surface area contributed by atoms with E-state index in [-0.39, 0.29) is 24.4 Å². The molecule has 0 aliphatic rings. The maximum Gasteiger partial charge on any atom is 0.241 e. The van der Waals surface area contributed by atoms with Crippen LogP contribution in [0.25, 0.3) is 0 Å². The number of aryl methyl sites for hydroxylation is 1. The summed E-state index contributed by atoms with van der Waals surface area (Å²) in [6.45, 7) is 6.81. The van der Waals surface area contributed by atoms with E-state index in [1.54, 1.807) is 0 Å². The first-order valence-corrected chi connectivity index (χ1v) is 5.75. The van der Waals surface area contributed by atoms with Gasteiger partial charge in [-0.25, -0.2) is 0 Å². The number of amides is 1. The minimum absolute atomic E-state index is 0. The van der Waals surface area contributed by atoms with Crippen molar-refractivity contribution in [2.75, 3.05) is 11.9 Å². The largest absolute Gasteiger partial charge is 0.324 e. The summed E-state index contributed by atoms with van der Waals surface area (Å²) < 4.78 is 0. The summed E-state index contributed by atoms with van der Waals surface area (Å²) >= 11 is 0. The summed E-state index contributed by atoms with van der Waals surface area (Å²) in [6, 6.07) is 7.63. The third-order valence-corrected chi connectivity index (χ3v) is 2.50. The van der Waals surface area contributed by atoms with Gasteiger partial charge >= 0.3 is 0 Å². The van der Waals surface area contributed by atoms with Gasteiger partial charge in [0.25, 0.3) is 0 Å². The van der Waals surface area contributed by atoms with Crippen molar-refractivity contribution in [1.82, 2.24) is 5.32 Å². The second-order valence-electron chi connectivity index (χ2n) is 3.98. The van der Waals surface area contributed by atoms with Crippen LogP contribution in [-0.2, 0) is 4.79 Å². The zero-order valence-corrected chi connectivity index (χ0v) is 11.4. The molecule has 0 heterocycles. The van der Waals surface area contributed by atoms with Crippen LogP contribution in [0.5, 0.6) is 0 Å². The summed E-state index contributed by atoms with van der Waals surface area (Å²) in [5, 5.41) is 6.08. The van der Waals surface area contributed by atoms with Gasteiger partial charge in [0.05, 0.1) is 6.04 Å². The van der Waals surface area contributed by atoms with Crippen molar-refractivity contribution >= 4 is 24.0 Å². The molecule has 0 saturated carbocycles. The topological polar surface area (TPSA) is 41.1 Å². The van der Waals surface area contributed by atoms with Crippen molar-refractivity contribution in [1.29, 1.82) is 0 Å². The van der Waals surface area contributed by atoms with Gasteiger partial charge in [0.1, 0.15) is 0 Å². The summed E-state index contributed by atoms with van der Waals surface area (Å²) in [6.07, 6.45) is 1.03. The molecule has 0 aromatic heterocycles. The number of hydrogen-bond donors (Lipinski definition) is 2. The van der Waals surface area contributed by atoms with Crippen LogP contribution in [0.4, 0.5) is 5.69 Å². The maximum atomic E-state index is 11.8. The lowest BCUT2D eigenvalue weighted by Gasteiger charge is -2.14. The van der Waals surface area contributed by atoms with E-state index in [1.165, 1.54) is 0 Å². The van der Waals surface area contributed by atoms with Crippen LogP contribution in [-0.4, -0.2) is 18.5 Å². The lowest BCUT2D eigenvalue weighted by molar-refractivity contribution is -0.117. The molecular weight excluding hydrogens is 236 g/mol. The Morgan fingerprint density at radius 1 is 1.35 bits per heavy atom. The van der Waals surface area contributed by atoms with Gasteiger partial charge in [0, 0.05) is 5.69 Å². The average Bonchev–Trinajstić information content (AvgIpc) is 2.28. The molecule has 1 atom stereocenters. The molecule has 4 heteroatoms. The molecule has 0 radical (unpaired) electrons. The molecule has 96 valence electrons. The highest BCUT2D eigenvalue weighted by Crippen LogP contribution is 2.13. The molecule has 3 nitrogen and oxygen atoms in total. The molecule has 2 N–H and O–H groups in total. The molecule has 1 rings (SSSR count). The Balaban J connectivity index is 0.00000256. The summed E-state index contributed by atoms with van der Waals surface area (Å²) in [5.74, 6) is 0.0164. The van der Waals surface area contributed by atoms with Gasteiger partial charge in [-0.3, -0.25) is 4.79 Å². The highest BCUT2D eigenvalue weighted by atomic mass is 35.5. The van der Waals surface area contributed by atoms with Gasteiger partial charge in [-0.05, 0) is 38.4 Å². The maximum absolute atomic E-state index is 11.8. The monoisotopic (exact) mass is 256 g/mol. The molecule has 0 aliphatic heterocycles. The predicted octanol–water partition coefficient (Wildman–Crippen LogP) is 2.74. The normalized spacial score (nSPS) is 11.5. The Hall–Kier alpha value is -1.06. The highest BCUT2D eigenvalue weighted by molar-refractivity contribution is 5.95. The van der Waals surface area contributed by atoms with Crippen LogP contribution in [0.1, 0.15) is 25.8 Å². The predicted molar refractivity (Wildman–Crippen MR) is 74.8 cm³/mol. The highest BCUT2D eigenvalue weighted by Gasteiger charge is 2.11. The minimum atomic E-state index is -0.153. The lowest BCUT2D eigenvalue weighted by Crippen LogP contribution is -2.38. The molecule has 1 aromatic rings. The van der Waals surface area contributed by atoms with Crippen LogP contribution in [0.15, 0.2) is 24.3 Å². The van der Waals surface area contributed by atoms with Gasteiger partial charge in [-0.2, -0.15) is 0 Å². The molecule has 0 saturated heterocycles. The van der Waals surface area contributed by atoms with E-state index in [1.807, 2.05) is 38.1 Å². The standard InChI is InChI=1S/C13H20N2O.ClH/c1-4-9-14-11(3)13(16)15-12-8-6-5-7-10(12)2;/h5-8,11,14H,4,9H2,1-3H3,(H,15,16);1H/t11-;/m1./s1. The summed E-state index contributed by atoms with van der Waals surface area (Å²) in [7, 11) is 0. The van der Waals surface area contributed by atoms with Crippen molar-refractivity contribution in [3.8, 4) is 0 Å². The molecule has 1 aromatic carbocycles. The molecule has 0 fully saturated rings. The number of hydrogen-bond acceptors (Lipinski definition) is 2. The lowest BCUT2D eigenvalue weighted by atomic mass is 10.2. The van der Waals surface area contributed by atoms with Gasteiger partial charge in [0.15, 0.2) is 0 Å². The van der Waals surface area contributed by atoms with E-state index >= 15 is 0 Å². The van der Waals surface area contributed by atoms with E-state index in [4.69, 9.17) is 0 Å². The van der Waals surface area contributed by atoms with Gasteiger partial charge in [0.2, 0.25) is 5.91 Å². The zero-order valence-electron chi connectivity index (χ0n) is 10.6. The molecule has 0 bridgehead atoms. The second kappa shape index (κ2) is 8.09. The first-order chi connectivity index (χ1) is 7.65. The van der Waals surface area contributed by atoms with Crippen molar-refractivity contribution in [3.63, 3.8) is 0 Å². The van der Waals surface area contributed by atoms with Crippen molar-refractivity contribution in [3.05, 3.63) is 29.8 Å². The van der Waals surface area contributed by atoms with Crippen LogP contribution in [0.3, 0.4) is 0 Å². The summed E-state index contributed by atoms with van der Waals surface area (Å²) in [5.41, 5.74) is 1.97. The van der Waals surface area contributed by atoms with Crippen LogP contribution < -0.4 is 10.6 Å². The Morgan fingerprint density at radius 3 is 2.59 bits per heavy atom. The number of carbonyl (C=O) groups is 1. The van der Waals surface area contributed by atoms with E-state index in [2.05, 4.69) is 17.6 Å². The molecule has 0 spiro atoms. The molecule has 0 unspecified atom stereocenters. The molecule has 0 aliphatic carbocycles.